The Labute approximate surface area is 82.6 Å². The molecule has 1 aromatic rings. The van der Waals surface area contributed by atoms with Crippen LogP contribution in [0.2, 0.25) is 5.02 Å². The molecule has 2 nitrogen and oxygen atoms in total. The van der Waals surface area contributed by atoms with Crippen LogP contribution in [-0.2, 0) is 0 Å². The molecule has 13 heavy (non-hydrogen) atoms. The fraction of sp³-hybridized carbons (Fsp3) is 0.200. The van der Waals surface area contributed by atoms with Gasteiger partial charge in [0, 0.05) is 5.56 Å². The van der Waals surface area contributed by atoms with E-state index in [1.807, 2.05) is 6.07 Å². The van der Waals surface area contributed by atoms with E-state index in [0.717, 1.165) is 5.56 Å². The third-order valence-electron chi connectivity index (χ3n) is 1.49. The predicted molar refractivity (Wildman–Crippen MR) is 53.9 cm³/mol. The zero-order valence-corrected chi connectivity index (χ0v) is 8.06. The molecular formula is C10H10ClNO. The number of hydrogen-bond donors (Lipinski definition) is 1. The van der Waals surface area contributed by atoms with E-state index in [4.69, 9.17) is 22.1 Å². The first-order valence-corrected chi connectivity index (χ1v) is 4.18. The van der Waals surface area contributed by atoms with Gasteiger partial charge in [-0.05, 0) is 18.2 Å². The highest BCUT2D eigenvalue weighted by Crippen LogP contribution is 2.24. The molecule has 0 spiro atoms. The van der Waals surface area contributed by atoms with Crippen molar-refractivity contribution in [3.05, 3.63) is 28.8 Å². The van der Waals surface area contributed by atoms with E-state index in [-0.39, 0.29) is 0 Å². The summed E-state index contributed by atoms with van der Waals surface area (Å²) < 4.78 is 5.03. The van der Waals surface area contributed by atoms with E-state index in [0.29, 0.717) is 17.3 Å². The molecular weight excluding hydrogens is 186 g/mol. The number of hydrogen-bond acceptors (Lipinski definition) is 2. The van der Waals surface area contributed by atoms with E-state index in [1.165, 1.54) is 0 Å². The predicted octanol–water partition coefficient (Wildman–Crippen LogP) is 1.66. The van der Waals surface area contributed by atoms with Crippen LogP contribution in [0.25, 0.3) is 0 Å². The standard InChI is InChI=1S/C10H10ClNO/c1-13-10-7-8(3-2-6-12)4-5-9(10)11/h4-5,7H,6,12H2,1H3. The van der Waals surface area contributed by atoms with Crippen molar-refractivity contribution in [2.24, 2.45) is 5.73 Å². The second-order valence-corrected chi connectivity index (χ2v) is 2.76. The molecule has 0 amide bonds. The van der Waals surface area contributed by atoms with Gasteiger partial charge >= 0.3 is 0 Å². The summed E-state index contributed by atoms with van der Waals surface area (Å²) in [4.78, 5) is 0. The first-order valence-electron chi connectivity index (χ1n) is 3.80. The number of benzene rings is 1. The monoisotopic (exact) mass is 195 g/mol. The Morgan fingerprint density at radius 1 is 1.54 bits per heavy atom. The summed E-state index contributed by atoms with van der Waals surface area (Å²) in [6, 6.07) is 5.36. The maximum absolute atomic E-state index is 5.83. The van der Waals surface area contributed by atoms with Gasteiger partial charge in [-0.2, -0.15) is 0 Å². The Kier molecular flexibility index (Phi) is 3.63. The van der Waals surface area contributed by atoms with Gasteiger partial charge < -0.3 is 10.5 Å². The fourth-order valence-corrected chi connectivity index (χ4v) is 1.09. The molecule has 0 bridgehead atoms. The summed E-state index contributed by atoms with van der Waals surface area (Å²) in [6.45, 7) is 0.352. The maximum atomic E-state index is 5.83. The zero-order chi connectivity index (χ0) is 9.68. The Balaban J connectivity index is 2.99. The third-order valence-corrected chi connectivity index (χ3v) is 1.80. The van der Waals surface area contributed by atoms with Gasteiger partial charge in [0.2, 0.25) is 0 Å². The molecule has 1 rings (SSSR count). The summed E-state index contributed by atoms with van der Waals surface area (Å²) in [5.74, 6) is 6.28. The number of nitrogens with two attached hydrogens (primary N) is 1. The summed E-state index contributed by atoms with van der Waals surface area (Å²) in [7, 11) is 1.57. The van der Waals surface area contributed by atoms with Gasteiger partial charge in [-0.3, -0.25) is 0 Å². The molecule has 0 aliphatic heterocycles. The van der Waals surface area contributed by atoms with Gasteiger partial charge in [-0.1, -0.05) is 23.4 Å². The van der Waals surface area contributed by atoms with Crippen molar-refractivity contribution < 1.29 is 4.74 Å². The van der Waals surface area contributed by atoms with Gasteiger partial charge in [0.1, 0.15) is 5.75 Å². The smallest absolute Gasteiger partial charge is 0.138 e. The SMILES string of the molecule is COc1cc(C#CCN)ccc1Cl. The second-order valence-electron chi connectivity index (χ2n) is 2.36. The van der Waals surface area contributed by atoms with Crippen molar-refractivity contribution in [3.8, 4) is 17.6 Å². The lowest BCUT2D eigenvalue weighted by atomic mass is 10.2. The summed E-state index contributed by atoms with van der Waals surface area (Å²) >= 11 is 5.83. The van der Waals surface area contributed by atoms with E-state index in [9.17, 15) is 0 Å². The molecule has 3 heteroatoms. The van der Waals surface area contributed by atoms with Gasteiger partial charge in [0.25, 0.3) is 0 Å². The Hall–Kier alpha value is -1.17. The Morgan fingerprint density at radius 3 is 2.92 bits per heavy atom. The van der Waals surface area contributed by atoms with Crippen LogP contribution in [0.5, 0.6) is 5.75 Å². The topological polar surface area (TPSA) is 35.2 Å². The second kappa shape index (κ2) is 4.76. The summed E-state index contributed by atoms with van der Waals surface area (Å²) in [6.07, 6.45) is 0. The Morgan fingerprint density at radius 2 is 2.31 bits per heavy atom. The van der Waals surface area contributed by atoms with Gasteiger partial charge in [0.05, 0.1) is 18.7 Å². The first-order chi connectivity index (χ1) is 6.27. The van der Waals surface area contributed by atoms with E-state index in [2.05, 4.69) is 11.8 Å². The van der Waals surface area contributed by atoms with Crippen LogP contribution in [0, 0.1) is 11.8 Å². The Bertz CT molecular complexity index is 352. The number of rotatable bonds is 1. The molecule has 0 saturated carbocycles. The van der Waals surface area contributed by atoms with Crippen molar-refractivity contribution in [1.82, 2.24) is 0 Å². The molecule has 1 aromatic carbocycles. The minimum Gasteiger partial charge on any atom is -0.495 e. The van der Waals surface area contributed by atoms with Crippen molar-refractivity contribution >= 4 is 11.6 Å². The van der Waals surface area contributed by atoms with Crippen LogP contribution in [0.4, 0.5) is 0 Å². The fourth-order valence-electron chi connectivity index (χ4n) is 0.891. The lowest BCUT2D eigenvalue weighted by Gasteiger charge is -2.01. The normalized spacial score (nSPS) is 8.85. The first kappa shape index (κ1) is 9.91. The minimum absolute atomic E-state index is 0.352. The molecule has 0 unspecified atom stereocenters. The number of halogens is 1. The summed E-state index contributed by atoms with van der Waals surface area (Å²) in [5.41, 5.74) is 6.10. The molecule has 0 radical (unpaired) electrons. The van der Waals surface area contributed by atoms with Crippen LogP contribution in [0.3, 0.4) is 0 Å². The largest absolute Gasteiger partial charge is 0.495 e. The number of ether oxygens (including phenoxy) is 1. The highest BCUT2D eigenvalue weighted by Gasteiger charge is 1.99. The lowest BCUT2D eigenvalue weighted by molar-refractivity contribution is 0.415. The molecule has 68 valence electrons. The highest BCUT2D eigenvalue weighted by atomic mass is 35.5. The van der Waals surface area contributed by atoms with Crippen LogP contribution >= 0.6 is 11.6 Å². The molecule has 0 aliphatic rings. The van der Waals surface area contributed by atoms with Crippen LogP contribution in [-0.4, -0.2) is 13.7 Å². The molecule has 0 aromatic heterocycles. The van der Waals surface area contributed by atoms with Crippen molar-refractivity contribution in [2.75, 3.05) is 13.7 Å². The minimum atomic E-state index is 0.352. The van der Waals surface area contributed by atoms with Crippen LogP contribution in [0.15, 0.2) is 18.2 Å². The average Bonchev–Trinajstić information content (AvgIpc) is 2.16. The molecule has 0 fully saturated rings. The number of methoxy groups -OCH3 is 1. The van der Waals surface area contributed by atoms with Gasteiger partial charge in [0.15, 0.2) is 0 Å². The molecule has 0 saturated heterocycles. The molecule has 2 N–H and O–H groups in total. The van der Waals surface area contributed by atoms with Crippen molar-refractivity contribution in [2.45, 2.75) is 0 Å². The molecule has 0 heterocycles. The molecule has 0 atom stereocenters. The summed E-state index contributed by atoms with van der Waals surface area (Å²) in [5, 5.41) is 0.584. The van der Waals surface area contributed by atoms with Crippen molar-refractivity contribution in [3.63, 3.8) is 0 Å². The quantitative estimate of drug-likeness (QED) is 0.692. The van der Waals surface area contributed by atoms with Crippen molar-refractivity contribution in [1.29, 1.82) is 0 Å². The molecule has 0 aliphatic carbocycles. The van der Waals surface area contributed by atoms with Gasteiger partial charge in [-0.25, -0.2) is 0 Å². The zero-order valence-electron chi connectivity index (χ0n) is 7.30. The van der Waals surface area contributed by atoms with E-state index < -0.39 is 0 Å². The van der Waals surface area contributed by atoms with Crippen LogP contribution < -0.4 is 10.5 Å². The van der Waals surface area contributed by atoms with E-state index >= 15 is 0 Å². The van der Waals surface area contributed by atoms with Crippen LogP contribution in [0.1, 0.15) is 5.56 Å². The lowest BCUT2D eigenvalue weighted by Crippen LogP contribution is -1.93. The third kappa shape index (κ3) is 2.66. The maximum Gasteiger partial charge on any atom is 0.138 e. The van der Waals surface area contributed by atoms with E-state index in [1.54, 1.807) is 19.2 Å². The average molecular weight is 196 g/mol. The highest BCUT2D eigenvalue weighted by molar-refractivity contribution is 6.32. The van der Waals surface area contributed by atoms with Gasteiger partial charge in [-0.15, -0.1) is 0 Å².